The van der Waals surface area contributed by atoms with Gasteiger partial charge in [0.05, 0.1) is 14.2 Å². The van der Waals surface area contributed by atoms with Crippen molar-refractivity contribution in [3.8, 4) is 11.5 Å². The van der Waals surface area contributed by atoms with Crippen LogP contribution in [0, 0.1) is 0 Å². The molecule has 4 nitrogen and oxygen atoms in total. The van der Waals surface area contributed by atoms with E-state index < -0.39 is 0 Å². The molecule has 0 amide bonds. The van der Waals surface area contributed by atoms with Crippen LogP contribution in [0.1, 0.15) is 5.56 Å². The summed E-state index contributed by atoms with van der Waals surface area (Å²) in [6.07, 6.45) is 0. The zero-order valence-corrected chi connectivity index (χ0v) is 13.7. The first-order valence-corrected chi connectivity index (χ1v) is 8.06. The minimum Gasteiger partial charge on any atom is -0.497 e. The van der Waals surface area contributed by atoms with E-state index in [-0.39, 0.29) is 5.63 Å². The van der Waals surface area contributed by atoms with Gasteiger partial charge in [0.15, 0.2) is 0 Å². The Balaban J connectivity index is 1.88. The maximum absolute atomic E-state index is 11.8. The number of hydrogen-bond donors (Lipinski definition) is 0. The Morgan fingerprint density at radius 1 is 0.957 bits per heavy atom. The van der Waals surface area contributed by atoms with Gasteiger partial charge in [-0.25, -0.2) is 4.79 Å². The van der Waals surface area contributed by atoms with Gasteiger partial charge in [0, 0.05) is 28.2 Å². The first-order chi connectivity index (χ1) is 11.2. The second kappa shape index (κ2) is 6.79. The number of hydrogen-bond acceptors (Lipinski definition) is 5. The molecule has 0 fully saturated rings. The number of thioether (sulfide) groups is 1. The summed E-state index contributed by atoms with van der Waals surface area (Å²) in [4.78, 5) is 12.9. The van der Waals surface area contributed by atoms with Crippen molar-refractivity contribution in [2.45, 2.75) is 10.6 Å². The van der Waals surface area contributed by atoms with Crippen LogP contribution in [-0.4, -0.2) is 14.2 Å². The zero-order chi connectivity index (χ0) is 16.2. The summed E-state index contributed by atoms with van der Waals surface area (Å²) in [5.74, 6) is 2.17. The number of ether oxygens (including phenoxy) is 2. The van der Waals surface area contributed by atoms with Crippen molar-refractivity contribution in [2.75, 3.05) is 14.2 Å². The molecule has 0 N–H and O–H groups in total. The van der Waals surface area contributed by atoms with Gasteiger partial charge in [-0.05, 0) is 42.0 Å². The Labute approximate surface area is 138 Å². The van der Waals surface area contributed by atoms with Crippen molar-refractivity contribution < 1.29 is 13.9 Å². The summed E-state index contributed by atoms with van der Waals surface area (Å²) >= 11 is 1.66. The molecule has 0 unspecified atom stereocenters. The maximum Gasteiger partial charge on any atom is 0.336 e. The molecule has 0 radical (unpaired) electrons. The summed E-state index contributed by atoms with van der Waals surface area (Å²) in [5.41, 5.74) is 1.14. The molecule has 1 aromatic heterocycles. The van der Waals surface area contributed by atoms with Crippen LogP contribution >= 0.6 is 11.8 Å². The maximum atomic E-state index is 11.8. The molecule has 0 bridgehead atoms. The fraction of sp³-hybridized carbons (Fsp3) is 0.167. The Kier molecular flexibility index (Phi) is 4.57. The molecule has 2 aromatic carbocycles. The first-order valence-electron chi connectivity index (χ1n) is 7.07. The van der Waals surface area contributed by atoms with Crippen LogP contribution in [0.15, 0.2) is 62.6 Å². The van der Waals surface area contributed by atoms with Gasteiger partial charge < -0.3 is 13.9 Å². The van der Waals surface area contributed by atoms with Gasteiger partial charge in [-0.3, -0.25) is 0 Å². The Hall–Kier alpha value is -2.40. The minimum atomic E-state index is -0.351. The van der Waals surface area contributed by atoms with E-state index in [0.717, 1.165) is 21.6 Å². The fourth-order valence-electron chi connectivity index (χ4n) is 2.29. The molecular formula is C18H16O4S. The van der Waals surface area contributed by atoms with Crippen molar-refractivity contribution >= 4 is 22.7 Å². The molecule has 0 aliphatic heterocycles. The molecular weight excluding hydrogens is 312 g/mol. The van der Waals surface area contributed by atoms with Gasteiger partial charge in [0.2, 0.25) is 0 Å². The third kappa shape index (κ3) is 3.51. The predicted molar refractivity (Wildman–Crippen MR) is 91.6 cm³/mol. The van der Waals surface area contributed by atoms with E-state index in [1.165, 1.54) is 0 Å². The van der Waals surface area contributed by atoms with E-state index in [9.17, 15) is 4.79 Å². The van der Waals surface area contributed by atoms with Crippen molar-refractivity contribution in [2.24, 2.45) is 0 Å². The lowest BCUT2D eigenvalue weighted by Gasteiger charge is -2.07. The van der Waals surface area contributed by atoms with Crippen LogP contribution < -0.4 is 15.1 Å². The molecule has 118 valence electrons. The summed E-state index contributed by atoms with van der Waals surface area (Å²) < 4.78 is 15.6. The molecule has 1 heterocycles. The topological polar surface area (TPSA) is 48.7 Å². The fourth-order valence-corrected chi connectivity index (χ4v) is 3.18. The molecule has 5 heteroatoms. The van der Waals surface area contributed by atoms with Gasteiger partial charge in [0.1, 0.15) is 17.1 Å². The van der Waals surface area contributed by atoms with E-state index in [4.69, 9.17) is 13.9 Å². The van der Waals surface area contributed by atoms with Crippen molar-refractivity contribution in [1.82, 2.24) is 0 Å². The monoisotopic (exact) mass is 328 g/mol. The molecule has 0 aliphatic carbocycles. The van der Waals surface area contributed by atoms with Crippen LogP contribution in [0.4, 0.5) is 0 Å². The van der Waals surface area contributed by atoms with Crippen LogP contribution in [0.2, 0.25) is 0 Å². The van der Waals surface area contributed by atoms with Crippen molar-refractivity contribution in [3.05, 3.63) is 64.5 Å². The Bertz CT molecular complexity index is 868. The third-order valence-corrected chi connectivity index (χ3v) is 4.55. The average molecular weight is 328 g/mol. The highest BCUT2D eigenvalue weighted by molar-refractivity contribution is 7.98. The lowest BCUT2D eigenvalue weighted by atomic mass is 10.1. The highest BCUT2D eigenvalue weighted by Crippen LogP contribution is 2.29. The normalized spacial score (nSPS) is 10.7. The van der Waals surface area contributed by atoms with E-state index in [2.05, 4.69) is 0 Å². The second-order valence-corrected chi connectivity index (χ2v) is 5.97. The highest BCUT2D eigenvalue weighted by atomic mass is 32.2. The third-order valence-electron chi connectivity index (χ3n) is 3.49. The summed E-state index contributed by atoms with van der Waals surface area (Å²) in [6, 6.07) is 14.9. The number of methoxy groups -OCH3 is 2. The molecule has 0 saturated carbocycles. The largest absolute Gasteiger partial charge is 0.497 e. The van der Waals surface area contributed by atoms with Crippen LogP contribution in [-0.2, 0) is 5.75 Å². The SMILES string of the molecule is COc1ccc(SCc2cc(=O)oc3cc(OC)ccc23)cc1. The molecule has 0 spiro atoms. The molecule has 0 atom stereocenters. The molecule has 0 aliphatic rings. The number of rotatable bonds is 5. The minimum absolute atomic E-state index is 0.351. The Morgan fingerprint density at radius 2 is 1.65 bits per heavy atom. The molecule has 3 rings (SSSR count). The van der Waals surface area contributed by atoms with Crippen molar-refractivity contribution in [1.29, 1.82) is 0 Å². The Morgan fingerprint density at radius 3 is 2.35 bits per heavy atom. The van der Waals surface area contributed by atoms with Gasteiger partial charge in [-0.2, -0.15) is 0 Å². The van der Waals surface area contributed by atoms with Crippen LogP contribution in [0.3, 0.4) is 0 Å². The van der Waals surface area contributed by atoms with Gasteiger partial charge >= 0.3 is 5.63 Å². The quantitative estimate of drug-likeness (QED) is 0.521. The molecule has 23 heavy (non-hydrogen) atoms. The average Bonchev–Trinajstić information content (AvgIpc) is 2.59. The zero-order valence-electron chi connectivity index (χ0n) is 12.9. The van der Waals surface area contributed by atoms with E-state index in [0.29, 0.717) is 17.1 Å². The number of benzene rings is 2. The van der Waals surface area contributed by atoms with E-state index in [1.54, 1.807) is 38.1 Å². The van der Waals surface area contributed by atoms with Gasteiger partial charge in [0.25, 0.3) is 0 Å². The van der Waals surface area contributed by atoms with Gasteiger partial charge in [-0.15, -0.1) is 11.8 Å². The predicted octanol–water partition coefficient (Wildman–Crippen LogP) is 4.10. The standard InChI is InChI=1S/C18H16O4S/c1-20-13-3-6-15(7-4-13)23-11-12-9-18(19)22-17-10-14(21-2)5-8-16(12)17/h3-10H,11H2,1-2H3. The van der Waals surface area contributed by atoms with E-state index in [1.807, 2.05) is 36.4 Å². The van der Waals surface area contributed by atoms with Crippen LogP contribution in [0.25, 0.3) is 11.0 Å². The molecule has 0 saturated heterocycles. The summed E-state index contributed by atoms with van der Waals surface area (Å²) in [7, 11) is 3.23. The lowest BCUT2D eigenvalue weighted by Crippen LogP contribution is -2.00. The molecule has 3 aromatic rings. The summed E-state index contributed by atoms with van der Waals surface area (Å²) in [5, 5.41) is 0.923. The van der Waals surface area contributed by atoms with Gasteiger partial charge in [-0.1, -0.05) is 0 Å². The van der Waals surface area contributed by atoms with Crippen molar-refractivity contribution in [3.63, 3.8) is 0 Å². The second-order valence-electron chi connectivity index (χ2n) is 4.92. The first kappa shape index (κ1) is 15.5. The summed E-state index contributed by atoms with van der Waals surface area (Å²) in [6.45, 7) is 0. The smallest absolute Gasteiger partial charge is 0.336 e. The highest BCUT2D eigenvalue weighted by Gasteiger charge is 2.08. The number of fused-ring (bicyclic) bond motifs is 1. The lowest BCUT2D eigenvalue weighted by molar-refractivity contribution is 0.414. The van der Waals surface area contributed by atoms with E-state index >= 15 is 0 Å². The van der Waals surface area contributed by atoms with Crippen LogP contribution in [0.5, 0.6) is 11.5 Å².